The highest BCUT2D eigenvalue weighted by Crippen LogP contribution is 1.74. The topological polar surface area (TPSA) is 23.8 Å². The zero-order chi connectivity index (χ0) is 6.99. The van der Waals surface area contributed by atoms with Gasteiger partial charge in [-0.2, -0.15) is 5.26 Å². The van der Waals surface area contributed by atoms with Crippen LogP contribution in [0, 0.1) is 11.3 Å². The van der Waals surface area contributed by atoms with E-state index in [1.807, 2.05) is 6.07 Å². The zero-order valence-electron chi connectivity index (χ0n) is 4.82. The van der Waals surface area contributed by atoms with Crippen molar-refractivity contribution in [3.8, 4) is 6.07 Å². The van der Waals surface area contributed by atoms with Crippen LogP contribution in [0.5, 0.6) is 0 Å². The summed E-state index contributed by atoms with van der Waals surface area (Å²) in [4.78, 5) is 0. The molecule has 1 nitrogen and oxygen atoms in total. The minimum Gasteiger partial charge on any atom is -0.193 e. The standard InChI is InChI=1S/C4H5N.C2H3Cl/c1-4(2)3-5;1-2-3/h1H2,2H3;2H,1H2. The summed E-state index contributed by atoms with van der Waals surface area (Å²) in [5.41, 5.74) is 1.78. The predicted octanol–water partition coefficient (Wildman–Crippen LogP) is 2.45. The van der Waals surface area contributed by atoms with E-state index in [0.29, 0.717) is 5.57 Å². The van der Waals surface area contributed by atoms with Gasteiger partial charge in [-0.3, -0.25) is 0 Å². The molecule has 2 heteroatoms. The van der Waals surface area contributed by atoms with E-state index in [2.05, 4.69) is 13.2 Å². The first-order chi connectivity index (χ1) is 3.68. The zero-order valence-corrected chi connectivity index (χ0v) is 5.57. The van der Waals surface area contributed by atoms with Crippen molar-refractivity contribution in [1.82, 2.24) is 0 Å². The van der Waals surface area contributed by atoms with Crippen LogP contribution in [0.4, 0.5) is 0 Å². The SMILES string of the molecule is C=C(C)C#N.C=CCl. The second-order valence-corrected chi connectivity index (χ2v) is 1.36. The van der Waals surface area contributed by atoms with E-state index in [4.69, 9.17) is 16.9 Å². The number of halogens is 1. The van der Waals surface area contributed by atoms with Gasteiger partial charge in [0, 0.05) is 5.57 Å². The van der Waals surface area contributed by atoms with E-state index in [9.17, 15) is 0 Å². The number of nitrogens with zero attached hydrogens (tertiary/aromatic N) is 1. The van der Waals surface area contributed by atoms with E-state index in [-0.39, 0.29) is 0 Å². The first-order valence-corrected chi connectivity index (χ1v) is 2.39. The summed E-state index contributed by atoms with van der Waals surface area (Å²) >= 11 is 4.76. The van der Waals surface area contributed by atoms with E-state index in [1.165, 1.54) is 5.54 Å². The lowest BCUT2D eigenvalue weighted by atomic mass is 10.4. The molecule has 0 spiro atoms. The first-order valence-electron chi connectivity index (χ1n) is 1.95. The smallest absolute Gasteiger partial charge is 0.0937 e. The molecule has 0 atom stereocenters. The molecular formula is C6H8ClN. The Bertz CT molecular complexity index is 110. The van der Waals surface area contributed by atoms with Crippen LogP contribution < -0.4 is 0 Å². The Hall–Kier alpha value is -0.740. The summed E-state index contributed by atoms with van der Waals surface area (Å²) in [7, 11) is 0. The fraction of sp³-hybridized carbons (Fsp3) is 0.167. The van der Waals surface area contributed by atoms with E-state index in [0.717, 1.165) is 0 Å². The Kier molecular flexibility index (Phi) is 12.3. The molecule has 0 aromatic rings. The second kappa shape index (κ2) is 9.54. The molecule has 0 radical (unpaired) electrons. The van der Waals surface area contributed by atoms with Gasteiger partial charge >= 0.3 is 0 Å². The molecule has 0 bridgehead atoms. The van der Waals surface area contributed by atoms with Gasteiger partial charge in [0.1, 0.15) is 0 Å². The van der Waals surface area contributed by atoms with Crippen molar-refractivity contribution < 1.29 is 0 Å². The molecule has 44 valence electrons. The largest absolute Gasteiger partial charge is 0.193 e. The fourth-order valence-corrected chi connectivity index (χ4v) is 0. The predicted molar refractivity (Wildman–Crippen MR) is 36.5 cm³/mol. The molecule has 0 aromatic carbocycles. The van der Waals surface area contributed by atoms with Crippen LogP contribution in [0.25, 0.3) is 0 Å². The Balaban J connectivity index is 0. The van der Waals surface area contributed by atoms with Gasteiger partial charge < -0.3 is 0 Å². The summed E-state index contributed by atoms with van der Waals surface area (Å²) in [6, 6.07) is 1.83. The van der Waals surface area contributed by atoms with Gasteiger partial charge in [0.15, 0.2) is 0 Å². The average Bonchev–Trinajstić information content (AvgIpc) is 1.69. The lowest BCUT2D eigenvalue weighted by Crippen LogP contribution is -1.51. The number of allylic oxidation sites excluding steroid dienone is 1. The third kappa shape index (κ3) is 60.1. The number of nitriles is 1. The van der Waals surface area contributed by atoms with Gasteiger partial charge in [-0.15, -0.1) is 0 Å². The maximum Gasteiger partial charge on any atom is 0.0937 e. The molecule has 0 N–H and O–H groups in total. The average molecular weight is 130 g/mol. The molecule has 0 aliphatic carbocycles. The van der Waals surface area contributed by atoms with Crippen molar-refractivity contribution >= 4 is 11.6 Å². The first kappa shape index (κ1) is 10.3. The molecule has 0 aliphatic heterocycles. The highest BCUT2D eigenvalue weighted by Gasteiger charge is 1.64. The monoisotopic (exact) mass is 129 g/mol. The lowest BCUT2D eigenvalue weighted by molar-refractivity contribution is 1.46. The quantitative estimate of drug-likeness (QED) is 0.461. The third-order valence-corrected chi connectivity index (χ3v) is 0.191. The lowest BCUT2D eigenvalue weighted by Gasteiger charge is -1.61. The summed E-state index contributed by atoms with van der Waals surface area (Å²) in [6.07, 6.45) is 0. The summed E-state index contributed by atoms with van der Waals surface area (Å²) in [5.74, 6) is 0. The highest BCUT2D eigenvalue weighted by atomic mass is 35.5. The summed E-state index contributed by atoms with van der Waals surface area (Å²) in [5, 5.41) is 7.79. The molecule has 0 saturated carbocycles. The minimum atomic E-state index is 0.560. The van der Waals surface area contributed by atoms with Gasteiger partial charge in [-0.05, 0) is 12.5 Å². The molecule has 0 amide bonds. The van der Waals surface area contributed by atoms with Crippen molar-refractivity contribution in [2.75, 3.05) is 0 Å². The van der Waals surface area contributed by atoms with Gasteiger partial charge in [-0.25, -0.2) is 0 Å². The number of rotatable bonds is 0. The number of hydrogen-bond acceptors (Lipinski definition) is 1. The van der Waals surface area contributed by atoms with E-state index in [1.54, 1.807) is 6.92 Å². The van der Waals surface area contributed by atoms with Gasteiger partial charge in [0.05, 0.1) is 6.07 Å². The molecule has 0 aliphatic rings. The van der Waals surface area contributed by atoms with Gasteiger partial charge in [0.25, 0.3) is 0 Å². The molecule has 0 heterocycles. The third-order valence-electron chi connectivity index (χ3n) is 0.191. The molecule has 0 unspecified atom stereocenters. The maximum absolute atomic E-state index is 7.79. The van der Waals surface area contributed by atoms with Crippen molar-refractivity contribution in [1.29, 1.82) is 5.26 Å². The molecular weight excluding hydrogens is 122 g/mol. The van der Waals surface area contributed by atoms with Crippen LogP contribution in [0.1, 0.15) is 6.92 Å². The molecule has 8 heavy (non-hydrogen) atoms. The van der Waals surface area contributed by atoms with E-state index < -0.39 is 0 Å². The fourth-order valence-electron chi connectivity index (χ4n) is 0. The van der Waals surface area contributed by atoms with Crippen LogP contribution in [0.3, 0.4) is 0 Å². The molecule has 0 aromatic heterocycles. The molecule has 0 fully saturated rings. The number of hydrogen-bond donors (Lipinski definition) is 0. The highest BCUT2D eigenvalue weighted by molar-refractivity contribution is 6.25. The van der Waals surface area contributed by atoms with Crippen molar-refractivity contribution in [3.63, 3.8) is 0 Å². The maximum atomic E-state index is 7.79. The Labute approximate surface area is 54.9 Å². The van der Waals surface area contributed by atoms with Crippen molar-refractivity contribution in [2.45, 2.75) is 6.92 Å². The van der Waals surface area contributed by atoms with Crippen LogP contribution in [-0.2, 0) is 0 Å². The van der Waals surface area contributed by atoms with Gasteiger partial charge in [0.2, 0.25) is 0 Å². The Morgan fingerprint density at radius 1 is 1.88 bits per heavy atom. The van der Waals surface area contributed by atoms with Crippen LogP contribution >= 0.6 is 11.6 Å². The Morgan fingerprint density at radius 3 is 2.00 bits per heavy atom. The van der Waals surface area contributed by atoms with Crippen LogP contribution in [-0.4, -0.2) is 0 Å². The summed E-state index contributed by atoms with van der Waals surface area (Å²) in [6.45, 7) is 8.11. The van der Waals surface area contributed by atoms with Crippen LogP contribution in [0.15, 0.2) is 24.3 Å². The van der Waals surface area contributed by atoms with Gasteiger partial charge in [-0.1, -0.05) is 24.8 Å². The van der Waals surface area contributed by atoms with Crippen molar-refractivity contribution in [2.24, 2.45) is 0 Å². The van der Waals surface area contributed by atoms with Crippen molar-refractivity contribution in [3.05, 3.63) is 24.3 Å². The Morgan fingerprint density at radius 2 is 2.00 bits per heavy atom. The normalized spacial score (nSPS) is 5.12. The minimum absolute atomic E-state index is 0.560. The van der Waals surface area contributed by atoms with Crippen LogP contribution in [0.2, 0.25) is 0 Å². The summed E-state index contributed by atoms with van der Waals surface area (Å²) < 4.78 is 0. The molecule has 0 saturated heterocycles. The van der Waals surface area contributed by atoms with E-state index >= 15 is 0 Å². The molecule has 0 rings (SSSR count). The second-order valence-electron chi connectivity index (χ2n) is 1.05.